The molecule has 0 fully saturated rings. The fourth-order valence-electron chi connectivity index (χ4n) is 1.56. The highest BCUT2D eigenvalue weighted by Crippen LogP contribution is 2.28. The number of unbranched alkanes of at least 4 members (excludes halogenated alkanes) is 1. The van der Waals surface area contributed by atoms with E-state index in [4.69, 9.17) is 0 Å². The molecule has 2 nitrogen and oxygen atoms in total. The van der Waals surface area contributed by atoms with E-state index in [0.29, 0.717) is 11.7 Å². The summed E-state index contributed by atoms with van der Waals surface area (Å²) >= 11 is 0. The highest BCUT2D eigenvalue weighted by atomic mass is 19.4. The van der Waals surface area contributed by atoms with Crippen molar-refractivity contribution in [1.82, 2.24) is 4.98 Å². The molecule has 1 rings (SSSR count). The minimum absolute atomic E-state index is 0.493. The second-order valence-corrected chi connectivity index (χ2v) is 4.75. The second-order valence-electron chi connectivity index (χ2n) is 4.75. The van der Waals surface area contributed by atoms with Gasteiger partial charge in [-0.1, -0.05) is 26.7 Å². The van der Waals surface area contributed by atoms with Crippen molar-refractivity contribution in [1.29, 1.82) is 0 Å². The Bertz CT molecular complexity index is 344. The zero-order chi connectivity index (χ0) is 13.6. The van der Waals surface area contributed by atoms with E-state index < -0.39 is 11.7 Å². The van der Waals surface area contributed by atoms with Crippen LogP contribution in [-0.2, 0) is 6.18 Å². The normalized spacial score (nSPS) is 11.9. The Morgan fingerprint density at radius 2 is 1.94 bits per heavy atom. The molecule has 102 valence electrons. The number of nitrogens with zero attached hydrogens (tertiary/aromatic N) is 1. The van der Waals surface area contributed by atoms with Gasteiger partial charge < -0.3 is 5.32 Å². The van der Waals surface area contributed by atoms with Gasteiger partial charge in [0.15, 0.2) is 0 Å². The first kappa shape index (κ1) is 14.8. The molecule has 0 atom stereocenters. The van der Waals surface area contributed by atoms with E-state index >= 15 is 0 Å². The second kappa shape index (κ2) is 6.61. The first-order valence-electron chi connectivity index (χ1n) is 6.16. The average Bonchev–Trinajstić information content (AvgIpc) is 2.27. The zero-order valence-electron chi connectivity index (χ0n) is 10.7. The Morgan fingerprint density at radius 1 is 1.22 bits per heavy atom. The Labute approximate surface area is 106 Å². The third kappa shape index (κ3) is 5.38. The summed E-state index contributed by atoms with van der Waals surface area (Å²) in [5.74, 6) is 1.18. The molecule has 0 aliphatic carbocycles. The van der Waals surface area contributed by atoms with Crippen LogP contribution in [0.15, 0.2) is 18.3 Å². The van der Waals surface area contributed by atoms with Crippen LogP contribution in [0.1, 0.15) is 38.7 Å². The van der Waals surface area contributed by atoms with Gasteiger partial charge in [0.25, 0.3) is 0 Å². The van der Waals surface area contributed by atoms with Gasteiger partial charge in [-0.15, -0.1) is 0 Å². The minimum Gasteiger partial charge on any atom is -0.370 e. The van der Waals surface area contributed by atoms with Crippen molar-refractivity contribution in [3.05, 3.63) is 23.9 Å². The molecule has 0 saturated heterocycles. The number of pyridine rings is 1. The summed E-state index contributed by atoms with van der Waals surface area (Å²) in [5, 5.41) is 3.02. The number of hydrogen-bond acceptors (Lipinski definition) is 2. The molecular formula is C13H19F3N2. The van der Waals surface area contributed by atoms with E-state index in [0.717, 1.165) is 31.6 Å². The van der Waals surface area contributed by atoms with E-state index in [1.54, 1.807) is 0 Å². The van der Waals surface area contributed by atoms with Crippen LogP contribution in [0.3, 0.4) is 0 Å². The molecule has 0 aliphatic heterocycles. The highest BCUT2D eigenvalue weighted by molar-refractivity contribution is 5.35. The number of aromatic nitrogens is 1. The van der Waals surface area contributed by atoms with E-state index in [-0.39, 0.29) is 0 Å². The van der Waals surface area contributed by atoms with E-state index in [2.05, 4.69) is 24.1 Å². The molecule has 0 aromatic carbocycles. The van der Waals surface area contributed by atoms with Crippen molar-refractivity contribution in [2.75, 3.05) is 11.9 Å². The van der Waals surface area contributed by atoms with Crippen LogP contribution in [0.25, 0.3) is 0 Å². The summed E-state index contributed by atoms with van der Waals surface area (Å²) in [7, 11) is 0. The van der Waals surface area contributed by atoms with Gasteiger partial charge in [-0.2, -0.15) is 13.2 Å². The summed E-state index contributed by atoms with van der Waals surface area (Å²) < 4.78 is 36.9. The average molecular weight is 260 g/mol. The molecule has 1 N–H and O–H groups in total. The molecule has 1 aromatic rings. The zero-order valence-corrected chi connectivity index (χ0v) is 10.7. The first-order valence-corrected chi connectivity index (χ1v) is 6.16. The van der Waals surface area contributed by atoms with E-state index in [1.807, 2.05) is 0 Å². The Morgan fingerprint density at radius 3 is 2.44 bits per heavy atom. The third-order valence-electron chi connectivity index (χ3n) is 2.61. The summed E-state index contributed by atoms with van der Waals surface area (Å²) in [4.78, 5) is 3.75. The van der Waals surface area contributed by atoms with Gasteiger partial charge in [0.2, 0.25) is 0 Å². The predicted octanol–water partition coefficient (Wildman–Crippen LogP) is 4.34. The highest BCUT2D eigenvalue weighted by Gasteiger charge is 2.30. The van der Waals surface area contributed by atoms with Crippen LogP contribution < -0.4 is 5.32 Å². The minimum atomic E-state index is -4.32. The maximum Gasteiger partial charge on any atom is 0.417 e. The monoisotopic (exact) mass is 260 g/mol. The van der Waals surface area contributed by atoms with Gasteiger partial charge in [0.05, 0.1) is 5.56 Å². The fourth-order valence-corrected chi connectivity index (χ4v) is 1.56. The van der Waals surface area contributed by atoms with Crippen LogP contribution in [0.2, 0.25) is 0 Å². The summed E-state index contributed by atoms with van der Waals surface area (Å²) in [6.07, 6.45) is -0.173. The van der Waals surface area contributed by atoms with Gasteiger partial charge in [0.1, 0.15) is 5.82 Å². The molecule has 0 radical (unpaired) electrons. The van der Waals surface area contributed by atoms with Gasteiger partial charge >= 0.3 is 6.18 Å². The van der Waals surface area contributed by atoms with Crippen LogP contribution >= 0.6 is 0 Å². The van der Waals surface area contributed by atoms with Crippen LogP contribution in [-0.4, -0.2) is 11.5 Å². The number of rotatable bonds is 6. The number of hydrogen-bond donors (Lipinski definition) is 1. The smallest absolute Gasteiger partial charge is 0.370 e. The maximum atomic E-state index is 12.3. The lowest BCUT2D eigenvalue weighted by molar-refractivity contribution is -0.137. The van der Waals surface area contributed by atoms with Crippen molar-refractivity contribution < 1.29 is 13.2 Å². The number of alkyl halides is 3. The van der Waals surface area contributed by atoms with Crippen molar-refractivity contribution in [2.24, 2.45) is 5.92 Å². The van der Waals surface area contributed by atoms with Gasteiger partial charge in [0, 0.05) is 12.7 Å². The quantitative estimate of drug-likeness (QED) is 0.770. The maximum absolute atomic E-state index is 12.3. The number of nitrogens with one attached hydrogen (secondary N) is 1. The summed E-state index contributed by atoms with van der Waals surface area (Å²) in [6.45, 7) is 5.08. The lowest BCUT2D eigenvalue weighted by atomic mass is 10.1. The molecule has 0 bridgehead atoms. The molecule has 1 heterocycles. The summed E-state index contributed by atoms with van der Waals surface area (Å²) in [5.41, 5.74) is -0.715. The molecular weight excluding hydrogens is 241 g/mol. The SMILES string of the molecule is CC(C)CCCCNc1ccc(C(F)(F)F)cn1. The van der Waals surface area contributed by atoms with Crippen LogP contribution in [0.4, 0.5) is 19.0 Å². The molecule has 18 heavy (non-hydrogen) atoms. The molecule has 0 spiro atoms. The van der Waals surface area contributed by atoms with Crippen LogP contribution in [0, 0.1) is 5.92 Å². The Hall–Kier alpha value is -1.26. The third-order valence-corrected chi connectivity index (χ3v) is 2.61. The Kier molecular flexibility index (Phi) is 5.44. The predicted molar refractivity (Wildman–Crippen MR) is 66.4 cm³/mol. The van der Waals surface area contributed by atoms with E-state index in [9.17, 15) is 13.2 Å². The fraction of sp³-hybridized carbons (Fsp3) is 0.615. The largest absolute Gasteiger partial charge is 0.417 e. The topological polar surface area (TPSA) is 24.9 Å². The molecule has 0 unspecified atom stereocenters. The van der Waals surface area contributed by atoms with Crippen molar-refractivity contribution in [3.63, 3.8) is 0 Å². The van der Waals surface area contributed by atoms with E-state index in [1.165, 1.54) is 12.5 Å². The molecule has 1 aromatic heterocycles. The number of anilines is 1. The van der Waals surface area contributed by atoms with Crippen molar-refractivity contribution >= 4 is 5.82 Å². The molecule has 5 heteroatoms. The van der Waals surface area contributed by atoms with Gasteiger partial charge in [-0.25, -0.2) is 4.98 Å². The standard InChI is InChI=1S/C13H19F3N2/c1-10(2)5-3-4-8-17-12-7-6-11(9-18-12)13(14,15)16/h6-7,9-10H,3-5,8H2,1-2H3,(H,17,18). The Balaban J connectivity index is 2.31. The van der Waals surface area contributed by atoms with Crippen molar-refractivity contribution in [3.8, 4) is 0 Å². The lowest BCUT2D eigenvalue weighted by Gasteiger charge is -2.09. The molecule has 0 aliphatic rings. The lowest BCUT2D eigenvalue weighted by Crippen LogP contribution is -2.07. The van der Waals surface area contributed by atoms with Gasteiger partial charge in [-0.3, -0.25) is 0 Å². The van der Waals surface area contributed by atoms with Crippen LogP contribution in [0.5, 0.6) is 0 Å². The number of halogens is 3. The first-order chi connectivity index (χ1) is 8.39. The summed E-state index contributed by atoms with van der Waals surface area (Å²) in [6, 6.07) is 2.41. The van der Waals surface area contributed by atoms with Gasteiger partial charge in [-0.05, 0) is 24.5 Å². The van der Waals surface area contributed by atoms with Crippen molar-refractivity contribution in [2.45, 2.75) is 39.3 Å². The molecule has 0 amide bonds. The molecule has 0 saturated carbocycles.